The molecule has 1 atom stereocenters. The Morgan fingerprint density at radius 3 is 2.62 bits per heavy atom. The Hall–Kier alpha value is -4.31. The van der Waals surface area contributed by atoms with Crippen molar-refractivity contribution in [1.29, 1.82) is 0 Å². The number of aryl methyl sites for hydroxylation is 2. The van der Waals surface area contributed by atoms with Crippen LogP contribution in [-0.4, -0.2) is 30.0 Å². The van der Waals surface area contributed by atoms with Crippen molar-refractivity contribution in [2.24, 2.45) is 12.0 Å². The van der Waals surface area contributed by atoms with Crippen molar-refractivity contribution in [3.63, 3.8) is 0 Å². The van der Waals surface area contributed by atoms with Crippen LogP contribution < -0.4 is 5.56 Å². The third kappa shape index (κ3) is 5.96. The topological polar surface area (TPSA) is 78.0 Å². The lowest BCUT2D eigenvalue weighted by atomic mass is 9.96. The molecule has 11 heteroatoms. The maximum Gasteiger partial charge on any atom is 0.273 e. The predicted molar refractivity (Wildman–Crippen MR) is 150 cm³/mol. The summed E-state index contributed by atoms with van der Waals surface area (Å²) in [7, 11) is 1.61. The number of halogens is 4. The second-order valence-electron chi connectivity index (χ2n) is 9.11. The largest absolute Gasteiger partial charge is 0.284 e. The second-order valence-corrected chi connectivity index (χ2v) is 9.49. The summed E-state index contributed by atoms with van der Waals surface area (Å²) in [6.45, 7) is 5.18. The number of rotatable bonds is 8. The molecule has 0 aliphatic rings. The van der Waals surface area contributed by atoms with Gasteiger partial charge in [0, 0.05) is 30.2 Å². The molecule has 4 aromatic rings. The van der Waals surface area contributed by atoms with E-state index >= 15 is 8.78 Å². The molecule has 0 bridgehead atoms. The van der Waals surface area contributed by atoms with E-state index in [2.05, 4.69) is 20.1 Å². The van der Waals surface area contributed by atoms with E-state index in [4.69, 9.17) is 11.6 Å². The predicted octanol–water partition coefficient (Wildman–Crippen LogP) is 6.42. The fraction of sp³-hybridized carbons (Fsp3) is 0.207. The highest BCUT2D eigenvalue weighted by atomic mass is 35.5. The van der Waals surface area contributed by atoms with Crippen LogP contribution in [-0.2, 0) is 13.5 Å². The van der Waals surface area contributed by atoms with E-state index in [1.807, 2.05) is 6.92 Å². The lowest BCUT2D eigenvalue weighted by Gasteiger charge is -2.16. The number of allylic oxidation sites excluding steroid dienone is 2. The van der Waals surface area contributed by atoms with Gasteiger partial charge in [0.15, 0.2) is 11.7 Å². The SMILES string of the molecule is C/C=C/N=C(/C(F)=C/n1c(C)cc(C(C)Cc2ccc(F)cn2)c(Cl)c1=O)c1cccc(-c2ncnn2C)c1F. The fourth-order valence-corrected chi connectivity index (χ4v) is 4.56. The molecule has 1 unspecified atom stereocenters. The average molecular weight is 567 g/mol. The molecule has 3 aromatic heterocycles. The van der Waals surface area contributed by atoms with Crippen LogP contribution in [0.15, 0.2) is 76.8 Å². The van der Waals surface area contributed by atoms with Crippen molar-refractivity contribution < 1.29 is 13.2 Å². The van der Waals surface area contributed by atoms with Gasteiger partial charge in [0.25, 0.3) is 5.56 Å². The lowest BCUT2D eigenvalue weighted by molar-refractivity contribution is 0.616. The maximum absolute atomic E-state index is 15.8. The van der Waals surface area contributed by atoms with E-state index in [1.54, 1.807) is 45.2 Å². The Labute approximate surface area is 234 Å². The molecule has 0 aliphatic carbocycles. The van der Waals surface area contributed by atoms with Crippen LogP contribution in [0.4, 0.5) is 13.2 Å². The summed E-state index contributed by atoms with van der Waals surface area (Å²) in [5, 5.41) is 3.87. The normalized spacial score (nSPS) is 13.3. The monoisotopic (exact) mass is 566 g/mol. The quantitative estimate of drug-likeness (QED) is 0.231. The van der Waals surface area contributed by atoms with Crippen LogP contribution in [0.5, 0.6) is 0 Å². The first-order valence-electron chi connectivity index (χ1n) is 12.3. The van der Waals surface area contributed by atoms with Crippen LogP contribution in [0.1, 0.15) is 42.3 Å². The van der Waals surface area contributed by atoms with Crippen molar-refractivity contribution >= 4 is 23.5 Å². The van der Waals surface area contributed by atoms with Crippen LogP contribution in [0.2, 0.25) is 5.02 Å². The molecule has 0 saturated heterocycles. The Kier molecular flexibility index (Phi) is 8.79. The van der Waals surface area contributed by atoms with Crippen LogP contribution in [0, 0.1) is 18.6 Å². The van der Waals surface area contributed by atoms with E-state index in [-0.39, 0.29) is 33.6 Å². The third-order valence-corrected chi connectivity index (χ3v) is 6.65. The number of hydrogen-bond donors (Lipinski definition) is 0. The van der Waals surface area contributed by atoms with Crippen LogP contribution in [0.25, 0.3) is 17.6 Å². The minimum Gasteiger partial charge on any atom is -0.284 e. The first-order valence-corrected chi connectivity index (χ1v) is 12.7. The molecule has 0 spiro atoms. The first-order chi connectivity index (χ1) is 19.1. The van der Waals surface area contributed by atoms with Crippen molar-refractivity contribution in [3.8, 4) is 11.4 Å². The van der Waals surface area contributed by atoms with Crippen LogP contribution >= 0.6 is 11.6 Å². The zero-order valence-corrected chi connectivity index (χ0v) is 23.0. The fourth-order valence-electron chi connectivity index (χ4n) is 4.23. The highest BCUT2D eigenvalue weighted by Crippen LogP contribution is 2.28. The van der Waals surface area contributed by atoms with E-state index in [0.29, 0.717) is 23.4 Å². The Balaban J connectivity index is 1.75. The molecule has 40 heavy (non-hydrogen) atoms. The molecule has 0 saturated carbocycles. The van der Waals surface area contributed by atoms with Crippen LogP contribution in [0.3, 0.4) is 0 Å². The number of nitrogens with zero attached hydrogens (tertiary/aromatic N) is 6. The molecule has 3 heterocycles. The van der Waals surface area contributed by atoms with Gasteiger partial charge in [-0.05, 0) is 62.1 Å². The van der Waals surface area contributed by atoms with Gasteiger partial charge in [-0.25, -0.2) is 22.8 Å². The van der Waals surface area contributed by atoms with Gasteiger partial charge in [-0.15, -0.1) is 0 Å². The third-order valence-electron chi connectivity index (χ3n) is 6.27. The minimum atomic E-state index is -0.954. The molecular weight excluding hydrogens is 541 g/mol. The zero-order chi connectivity index (χ0) is 29.0. The van der Waals surface area contributed by atoms with Gasteiger partial charge in [-0.2, -0.15) is 5.10 Å². The van der Waals surface area contributed by atoms with Gasteiger partial charge in [0.05, 0.1) is 18.0 Å². The van der Waals surface area contributed by atoms with E-state index < -0.39 is 23.0 Å². The Morgan fingerprint density at radius 1 is 1.20 bits per heavy atom. The lowest BCUT2D eigenvalue weighted by Crippen LogP contribution is -2.22. The minimum absolute atomic E-state index is 0.0911. The van der Waals surface area contributed by atoms with Gasteiger partial charge >= 0.3 is 0 Å². The van der Waals surface area contributed by atoms with Gasteiger partial charge in [0.1, 0.15) is 28.7 Å². The zero-order valence-electron chi connectivity index (χ0n) is 22.2. The maximum atomic E-state index is 15.8. The van der Waals surface area contributed by atoms with Crippen molar-refractivity contribution in [2.45, 2.75) is 33.1 Å². The number of hydrogen-bond acceptors (Lipinski definition) is 5. The highest BCUT2D eigenvalue weighted by Gasteiger charge is 2.22. The van der Waals surface area contributed by atoms with Gasteiger partial charge < -0.3 is 0 Å². The average Bonchev–Trinajstić information content (AvgIpc) is 3.36. The Bertz CT molecular complexity index is 1690. The molecule has 206 valence electrons. The standard InChI is InChI=1S/C29H26ClF3N6O/c1-5-11-34-27(21-7-6-8-22(26(21)33)28-36-16-37-38(28)4)24(32)15-39-18(3)13-23(25(30)29(39)40)17(2)12-20-10-9-19(31)14-35-20/h5-11,13-17H,12H2,1-4H3/b11-5+,24-15-,34-27+. The van der Waals surface area contributed by atoms with Crippen molar-refractivity contribution in [2.75, 3.05) is 0 Å². The number of aromatic nitrogens is 5. The van der Waals surface area contributed by atoms with Crippen molar-refractivity contribution in [3.05, 3.63) is 117 Å². The van der Waals surface area contributed by atoms with E-state index in [1.165, 1.54) is 35.4 Å². The molecule has 0 radical (unpaired) electrons. The molecule has 0 N–H and O–H groups in total. The molecule has 0 amide bonds. The molecule has 1 aromatic carbocycles. The van der Waals surface area contributed by atoms with Gasteiger partial charge in [-0.3, -0.25) is 19.3 Å². The number of benzene rings is 1. The Morgan fingerprint density at radius 2 is 1.98 bits per heavy atom. The second kappa shape index (κ2) is 12.3. The summed E-state index contributed by atoms with van der Waals surface area (Å²) in [5.74, 6) is -2.12. The van der Waals surface area contributed by atoms with E-state index in [9.17, 15) is 9.18 Å². The molecular formula is C29H26ClF3N6O. The summed E-state index contributed by atoms with van der Waals surface area (Å²) < 4.78 is 47.2. The smallest absolute Gasteiger partial charge is 0.273 e. The molecule has 4 rings (SSSR count). The number of pyridine rings is 2. The first kappa shape index (κ1) is 28.7. The van der Waals surface area contributed by atoms with E-state index in [0.717, 1.165) is 17.0 Å². The molecule has 7 nitrogen and oxygen atoms in total. The number of aliphatic imine (C=N–C) groups is 1. The molecule has 0 fully saturated rings. The summed E-state index contributed by atoms with van der Waals surface area (Å²) in [6, 6.07) is 9.01. The molecule has 0 aliphatic heterocycles. The summed E-state index contributed by atoms with van der Waals surface area (Å²) in [4.78, 5) is 25.5. The summed E-state index contributed by atoms with van der Waals surface area (Å²) in [5.41, 5.74) is 0.604. The summed E-state index contributed by atoms with van der Waals surface area (Å²) in [6.07, 6.45) is 6.66. The van der Waals surface area contributed by atoms with Crippen molar-refractivity contribution in [1.82, 2.24) is 24.3 Å². The van der Waals surface area contributed by atoms with Gasteiger partial charge in [-0.1, -0.05) is 30.7 Å². The van der Waals surface area contributed by atoms with Gasteiger partial charge in [0.2, 0.25) is 0 Å². The highest BCUT2D eigenvalue weighted by molar-refractivity contribution is 6.31. The summed E-state index contributed by atoms with van der Waals surface area (Å²) >= 11 is 6.46.